The number of hydrogen-bond donors (Lipinski definition) is 12. The Labute approximate surface area is 368 Å². The number of aliphatic hydroxyl groups excluding tert-OH is 11. The predicted molar refractivity (Wildman–Crippen MR) is 214 cm³/mol. The molecule has 0 spiro atoms. The van der Waals surface area contributed by atoms with Crippen LogP contribution in [0.15, 0.2) is 0 Å². The Morgan fingerprint density at radius 3 is 2.10 bits per heavy atom. The van der Waals surface area contributed by atoms with Crippen LogP contribution in [0, 0.1) is 52.3 Å². The van der Waals surface area contributed by atoms with E-state index in [0.29, 0.717) is 43.4 Å². The Hall–Kier alpha value is -0.760. The average Bonchev–Trinajstić information content (AvgIpc) is 3.69. The monoisotopic (exact) mass is 906 g/mol. The van der Waals surface area contributed by atoms with Crippen molar-refractivity contribution >= 4 is 0 Å². The third-order valence-corrected chi connectivity index (χ3v) is 17.6. The van der Waals surface area contributed by atoms with E-state index in [4.69, 9.17) is 33.2 Å². The van der Waals surface area contributed by atoms with Crippen LogP contribution < -0.4 is 0 Å². The van der Waals surface area contributed by atoms with E-state index in [1.165, 1.54) is 0 Å². The molecule has 0 aromatic carbocycles. The van der Waals surface area contributed by atoms with E-state index < -0.39 is 117 Å². The van der Waals surface area contributed by atoms with E-state index in [1.807, 2.05) is 6.92 Å². The van der Waals surface area contributed by atoms with Gasteiger partial charge >= 0.3 is 0 Å². The van der Waals surface area contributed by atoms with E-state index in [0.717, 1.165) is 32.1 Å². The Morgan fingerprint density at radius 1 is 0.698 bits per heavy atom. The fraction of sp³-hybridized carbons (Fsp3) is 1.00. The van der Waals surface area contributed by atoms with E-state index in [1.54, 1.807) is 0 Å². The molecule has 8 fully saturated rings. The summed E-state index contributed by atoms with van der Waals surface area (Å²) >= 11 is 0. The summed E-state index contributed by atoms with van der Waals surface area (Å²) in [4.78, 5) is 0. The fourth-order valence-electron chi connectivity index (χ4n) is 13.9. The van der Waals surface area contributed by atoms with Gasteiger partial charge in [0.1, 0.15) is 67.1 Å². The fourth-order valence-corrected chi connectivity index (χ4v) is 13.9. The van der Waals surface area contributed by atoms with Crippen molar-refractivity contribution in [1.82, 2.24) is 0 Å². The minimum atomic E-state index is -1.66. The SMILES string of the molecule is C[C@H](CC[C@]1(O)O[C@H]2C[C@H]3[C@@H]4CC[C@H]5C[C@@H](O[C@@H]6O[C@H](CO)[C@@H](O[C@@H]7OC[C@@H](O)[C@H](O)[C@H]7O)[C@H](O)[C@H]6O)[C@H](O)C[C@]5(C)[C@H]4CC[C@]3(C)[C@H]2[C@@H]1C)CO[C@@H]1O[C@H](CO)[C@@H](O)[C@H](O)[C@H]1O. The molecule has 0 amide bonds. The van der Waals surface area contributed by atoms with Crippen molar-refractivity contribution in [1.29, 1.82) is 0 Å². The van der Waals surface area contributed by atoms with Gasteiger partial charge in [-0.2, -0.15) is 0 Å². The molecular formula is C44H74O19. The third kappa shape index (κ3) is 8.58. The summed E-state index contributed by atoms with van der Waals surface area (Å²) in [7, 11) is 0. The molecule has 8 aliphatic rings. The maximum Gasteiger partial charge on any atom is 0.187 e. The Morgan fingerprint density at radius 2 is 1.38 bits per heavy atom. The molecule has 4 aliphatic heterocycles. The number of rotatable bonds is 12. The molecule has 19 nitrogen and oxygen atoms in total. The summed E-state index contributed by atoms with van der Waals surface area (Å²) in [5.74, 6) is 0.0396. The normalized spacial score (nSPS) is 56.3. The molecular weight excluding hydrogens is 832 g/mol. The number of aliphatic hydroxyl groups is 12. The van der Waals surface area contributed by atoms with E-state index in [9.17, 15) is 61.3 Å². The first-order valence-corrected chi connectivity index (χ1v) is 23.4. The van der Waals surface area contributed by atoms with Crippen LogP contribution >= 0.6 is 0 Å². The van der Waals surface area contributed by atoms with Gasteiger partial charge in [-0.15, -0.1) is 0 Å². The molecule has 12 N–H and O–H groups in total. The van der Waals surface area contributed by atoms with E-state index in [-0.39, 0.29) is 53.8 Å². The van der Waals surface area contributed by atoms with Gasteiger partial charge < -0.3 is 94.4 Å². The maximum absolute atomic E-state index is 12.0. The molecule has 0 bridgehead atoms. The second-order valence-corrected chi connectivity index (χ2v) is 21.2. The van der Waals surface area contributed by atoms with Crippen molar-refractivity contribution in [2.75, 3.05) is 26.4 Å². The van der Waals surface area contributed by atoms with Gasteiger partial charge in [0, 0.05) is 12.3 Å². The highest BCUT2D eigenvalue weighted by Gasteiger charge is 2.69. The highest BCUT2D eigenvalue weighted by molar-refractivity contribution is 5.15. The molecule has 4 heterocycles. The minimum Gasteiger partial charge on any atom is -0.394 e. The minimum absolute atomic E-state index is 0.0436. The Bertz CT molecular complexity index is 1540. The summed E-state index contributed by atoms with van der Waals surface area (Å²) in [6, 6.07) is 0. The van der Waals surface area contributed by atoms with Gasteiger partial charge in [-0.05, 0) is 97.7 Å². The number of ether oxygens (including phenoxy) is 7. The van der Waals surface area contributed by atoms with E-state index >= 15 is 0 Å². The quantitative estimate of drug-likeness (QED) is 0.0928. The lowest BCUT2D eigenvalue weighted by atomic mass is 9.44. The van der Waals surface area contributed by atoms with Gasteiger partial charge in [0.2, 0.25) is 0 Å². The molecule has 27 atom stereocenters. The molecule has 19 heteroatoms. The summed E-state index contributed by atoms with van der Waals surface area (Å²) in [5.41, 5.74) is -0.225. The molecule has 0 aromatic heterocycles. The Kier molecular flexibility index (Phi) is 14.4. The topological polar surface area (TPSA) is 307 Å². The molecule has 0 aromatic rings. The first-order valence-electron chi connectivity index (χ1n) is 23.4. The van der Waals surface area contributed by atoms with Crippen LogP contribution in [0.5, 0.6) is 0 Å². The standard InChI is InChI=1S/C44H74O19/c1-18(16-57-39-36(54)33(51)32(50)28(14-45)60-39)7-10-44(56)19(2)30-27(63-44)12-23-21-6-5-20-11-26(24(47)13-43(20,4)22(21)8-9-42(23,30)3)59-41-37(55)34(52)38(29(15-46)61-41)62-40-35(53)31(49)25(48)17-58-40/h18-41,45-56H,5-17H2,1-4H3/t18-,19+,20+,21-,22+,23+,24-,25-,26-,27+,28-,29-,30+,31+,32-,33+,34-,35-,36-,37-,38-,39-,40+,41-,42+,43+,44+/m1/s1. The van der Waals surface area contributed by atoms with Gasteiger partial charge in [-0.25, -0.2) is 0 Å². The van der Waals surface area contributed by atoms with Crippen LogP contribution in [0.4, 0.5) is 0 Å². The molecule has 4 aliphatic carbocycles. The second-order valence-electron chi connectivity index (χ2n) is 21.2. The van der Waals surface area contributed by atoms with Crippen molar-refractivity contribution < 1.29 is 94.4 Å². The first kappa shape index (κ1) is 48.7. The molecule has 4 saturated heterocycles. The zero-order valence-electron chi connectivity index (χ0n) is 36.8. The lowest BCUT2D eigenvalue weighted by Gasteiger charge is -2.62. The van der Waals surface area contributed by atoms with Gasteiger partial charge in [0.05, 0.1) is 44.7 Å². The lowest BCUT2D eigenvalue weighted by Crippen LogP contribution is -2.64. The molecule has 0 radical (unpaired) electrons. The van der Waals surface area contributed by atoms with Crippen molar-refractivity contribution in [3.05, 3.63) is 0 Å². The third-order valence-electron chi connectivity index (χ3n) is 17.6. The Balaban J connectivity index is 0.851. The van der Waals surface area contributed by atoms with Crippen molar-refractivity contribution in [2.45, 2.75) is 196 Å². The zero-order valence-corrected chi connectivity index (χ0v) is 36.8. The summed E-state index contributed by atoms with van der Waals surface area (Å²) in [6.07, 6.45) is -15.0. The van der Waals surface area contributed by atoms with Gasteiger partial charge in [-0.3, -0.25) is 0 Å². The lowest BCUT2D eigenvalue weighted by molar-refractivity contribution is -0.358. The van der Waals surface area contributed by atoms with Crippen LogP contribution in [-0.2, 0) is 33.2 Å². The molecule has 63 heavy (non-hydrogen) atoms. The first-order chi connectivity index (χ1) is 29.8. The highest BCUT2D eigenvalue weighted by Crippen LogP contribution is 2.71. The smallest absolute Gasteiger partial charge is 0.187 e. The zero-order chi connectivity index (χ0) is 45.5. The van der Waals surface area contributed by atoms with E-state index in [2.05, 4.69) is 20.8 Å². The number of fused-ring (bicyclic) bond motifs is 7. The molecule has 364 valence electrons. The van der Waals surface area contributed by atoms with Crippen molar-refractivity contribution in [3.63, 3.8) is 0 Å². The van der Waals surface area contributed by atoms with Crippen LogP contribution in [0.1, 0.15) is 85.5 Å². The van der Waals surface area contributed by atoms with Gasteiger partial charge in [0.15, 0.2) is 24.7 Å². The highest BCUT2D eigenvalue weighted by atomic mass is 16.7. The largest absolute Gasteiger partial charge is 0.394 e. The van der Waals surface area contributed by atoms with Crippen molar-refractivity contribution in [3.8, 4) is 0 Å². The molecule has 4 saturated carbocycles. The molecule has 8 rings (SSSR count). The number of hydrogen-bond acceptors (Lipinski definition) is 19. The summed E-state index contributed by atoms with van der Waals surface area (Å²) in [5, 5.41) is 127. The molecule has 0 unspecified atom stereocenters. The van der Waals surface area contributed by atoms with Crippen LogP contribution in [0.3, 0.4) is 0 Å². The van der Waals surface area contributed by atoms with Crippen LogP contribution in [-0.4, -0.2) is 198 Å². The van der Waals surface area contributed by atoms with Crippen molar-refractivity contribution in [2.24, 2.45) is 52.3 Å². The maximum atomic E-state index is 12.0. The van der Waals surface area contributed by atoms with Crippen LogP contribution in [0.25, 0.3) is 0 Å². The predicted octanol–water partition coefficient (Wildman–Crippen LogP) is -2.17. The van der Waals surface area contributed by atoms with Gasteiger partial charge in [0.25, 0.3) is 0 Å². The summed E-state index contributed by atoms with van der Waals surface area (Å²) < 4.78 is 41.1. The summed E-state index contributed by atoms with van der Waals surface area (Å²) in [6.45, 7) is 7.37. The van der Waals surface area contributed by atoms with Crippen LogP contribution in [0.2, 0.25) is 0 Å². The average molecular weight is 907 g/mol. The second kappa shape index (κ2) is 18.6. The van der Waals surface area contributed by atoms with Gasteiger partial charge in [-0.1, -0.05) is 27.7 Å².